The van der Waals surface area contributed by atoms with E-state index in [1.807, 2.05) is 31.2 Å². The maximum Gasteiger partial charge on any atom is 0.220 e. The number of para-hydroxylation sites is 1. The summed E-state index contributed by atoms with van der Waals surface area (Å²) in [6.07, 6.45) is 1.19. The van der Waals surface area contributed by atoms with Gasteiger partial charge in [0.2, 0.25) is 5.91 Å². The first-order chi connectivity index (χ1) is 12.0. The standard InChI is InChI=1S/C21H28N2O2/c1-17-7-4-5-8-20(17)25-14-6-9-21(24)22-15-18-10-12-19(13-11-18)16-23(2)3/h4-5,7-8,10-13H,6,9,14-16H2,1-3H3,(H,22,24). The summed E-state index contributed by atoms with van der Waals surface area (Å²) in [6.45, 7) is 4.07. The molecule has 0 heterocycles. The third-order valence-electron chi connectivity index (χ3n) is 3.91. The number of amides is 1. The van der Waals surface area contributed by atoms with E-state index in [9.17, 15) is 4.79 Å². The van der Waals surface area contributed by atoms with Gasteiger partial charge in [-0.15, -0.1) is 0 Å². The van der Waals surface area contributed by atoms with Gasteiger partial charge in [-0.3, -0.25) is 4.79 Å². The molecule has 0 saturated carbocycles. The van der Waals surface area contributed by atoms with Crippen LogP contribution in [-0.2, 0) is 17.9 Å². The summed E-state index contributed by atoms with van der Waals surface area (Å²) in [5.41, 5.74) is 3.50. The van der Waals surface area contributed by atoms with Gasteiger partial charge in [-0.1, -0.05) is 42.5 Å². The Hall–Kier alpha value is -2.33. The molecule has 0 saturated heterocycles. The zero-order chi connectivity index (χ0) is 18.1. The second kappa shape index (κ2) is 9.84. The van der Waals surface area contributed by atoms with Crippen LogP contribution in [0.4, 0.5) is 0 Å². The lowest BCUT2D eigenvalue weighted by Gasteiger charge is -2.11. The quantitative estimate of drug-likeness (QED) is 0.710. The van der Waals surface area contributed by atoms with Crippen LogP contribution in [0.25, 0.3) is 0 Å². The fraction of sp³-hybridized carbons (Fsp3) is 0.381. The summed E-state index contributed by atoms with van der Waals surface area (Å²) in [5, 5.41) is 2.96. The minimum absolute atomic E-state index is 0.0609. The molecule has 0 aliphatic carbocycles. The Bertz CT molecular complexity index is 666. The maximum atomic E-state index is 11.9. The highest BCUT2D eigenvalue weighted by Gasteiger charge is 2.03. The molecule has 25 heavy (non-hydrogen) atoms. The molecule has 0 atom stereocenters. The molecular weight excluding hydrogens is 312 g/mol. The number of rotatable bonds is 9. The molecule has 0 unspecified atom stereocenters. The van der Waals surface area contributed by atoms with Crippen molar-refractivity contribution in [3.63, 3.8) is 0 Å². The van der Waals surface area contributed by atoms with Crippen molar-refractivity contribution in [1.82, 2.24) is 10.2 Å². The summed E-state index contributed by atoms with van der Waals surface area (Å²) in [6, 6.07) is 16.3. The molecule has 0 bridgehead atoms. The molecule has 2 aromatic rings. The Morgan fingerprint density at radius 2 is 1.72 bits per heavy atom. The predicted molar refractivity (Wildman–Crippen MR) is 102 cm³/mol. The largest absolute Gasteiger partial charge is 0.493 e. The number of carbonyl (C=O) groups excluding carboxylic acids is 1. The van der Waals surface area contributed by atoms with Gasteiger partial charge in [-0.2, -0.15) is 0 Å². The molecule has 0 aromatic heterocycles. The van der Waals surface area contributed by atoms with Crippen LogP contribution in [0.5, 0.6) is 5.75 Å². The van der Waals surface area contributed by atoms with E-state index < -0.39 is 0 Å². The first-order valence-corrected chi connectivity index (χ1v) is 8.72. The van der Waals surface area contributed by atoms with Gasteiger partial charge in [0.05, 0.1) is 6.61 Å². The topological polar surface area (TPSA) is 41.6 Å². The van der Waals surface area contributed by atoms with E-state index in [0.717, 1.165) is 23.4 Å². The first-order valence-electron chi connectivity index (χ1n) is 8.72. The van der Waals surface area contributed by atoms with Crippen LogP contribution in [-0.4, -0.2) is 31.5 Å². The first kappa shape index (κ1) is 19.0. The molecule has 4 heteroatoms. The van der Waals surface area contributed by atoms with Crippen LogP contribution in [0.2, 0.25) is 0 Å². The highest BCUT2D eigenvalue weighted by molar-refractivity contribution is 5.75. The van der Waals surface area contributed by atoms with Crippen LogP contribution in [0.1, 0.15) is 29.5 Å². The molecule has 2 rings (SSSR count). The van der Waals surface area contributed by atoms with Gasteiger partial charge in [-0.05, 0) is 50.2 Å². The van der Waals surface area contributed by atoms with E-state index in [0.29, 0.717) is 26.0 Å². The average molecular weight is 340 g/mol. The van der Waals surface area contributed by atoms with Crippen molar-refractivity contribution >= 4 is 5.91 Å². The lowest BCUT2D eigenvalue weighted by Crippen LogP contribution is -2.23. The van der Waals surface area contributed by atoms with Gasteiger partial charge in [0.15, 0.2) is 0 Å². The minimum Gasteiger partial charge on any atom is -0.493 e. The Labute approximate surface area is 150 Å². The Morgan fingerprint density at radius 1 is 1.04 bits per heavy atom. The van der Waals surface area contributed by atoms with Crippen molar-refractivity contribution < 1.29 is 9.53 Å². The third kappa shape index (κ3) is 6.98. The zero-order valence-corrected chi connectivity index (χ0v) is 15.4. The third-order valence-corrected chi connectivity index (χ3v) is 3.91. The summed E-state index contributed by atoms with van der Waals surface area (Å²) in [7, 11) is 4.11. The van der Waals surface area contributed by atoms with E-state index in [4.69, 9.17) is 4.74 Å². The van der Waals surface area contributed by atoms with Crippen LogP contribution in [0.15, 0.2) is 48.5 Å². The lowest BCUT2D eigenvalue weighted by atomic mass is 10.1. The summed E-state index contributed by atoms with van der Waals surface area (Å²) >= 11 is 0. The van der Waals surface area contributed by atoms with Gasteiger partial charge in [0, 0.05) is 19.5 Å². The highest BCUT2D eigenvalue weighted by Crippen LogP contribution is 2.16. The molecular formula is C21H28N2O2. The normalized spacial score (nSPS) is 10.7. The van der Waals surface area contributed by atoms with Crippen LogP contribution >= 0.6 is 0 Å². The second-order valence-corrected chi connectivity index (χ2v) is 6.55. The van der Waals surface area contributed by atoms with E-state index >= 15 is 0 Å². The fourth-order valence-corrected chi connectivity index (χ4v) is 2.55. The number of hydrogen-bond acceptors (Lipinski definition) is 3. The number of hydrogen-bond donors (Lipinski definition) is 1. The summed E-state index contributed by atoms with van der Waals surface area (Å²) in [4.78, 5) is 14.1. The van der Waals surface area contributed by atoms with Crippen molar-refractivity contribution in [2.24, 2.45) is 0 Å². The van der Waals surface area contributed by atoms with E-state index in [2.05, 4.69) is 48.6 Å². The van der Waals surface area contributed by atoms with Gasteiger partial charge in [0.25, 0.3) is 0 Å². The van der Waals surface area contributed by atoms with E-state index in [-0.39, 0.29) is 5.91 Å². The fourth-order valence-electron chi connectivity index (χ4n) is 2.55. The van der Waals surface area contributed by atoms with E-state index in [1.54, 1.807) is 0 Å². The van der Waals surface area contributed by atoms with Gasteiger partial charge < -0.3 is 15.0 Å². The molecule has 0 fully saturated rings. The molecule has 2 aromatic carbocycles. The summed E-state index contributed by atoms with van der Waals surface area (Å²) < 4.78 is 5.71. The number of benzene rings is 2. The Morgan fingerprint density at radius 3 is 2.40 bits per heavy atom. The minimum atomic E-state index is 0.0609. The molecule has 1 N–H and O–H groups in total. The van der Waals surface area contributed by atoms with Gasteiger partial charge in [-0.25, -0.2) is 0 Å². The SMILES string of the molecule is Cc1ccccc1OCCCC(=O)NCc1ccc(CN(C)C)cc1. The Balaban J connectivity index is 1.64. The molecule has 134 valence electrons. The van der Waals surface area contributed by atoms with Gasteiger partial charge in [0.1, 0.15) is 5.75 Å². The van der Waals surface area contributed by atoms with E-state index in [1.165, 1.54) is 5.56 Å². The maximum absolute atomic E-state index is 11.9. The Kier molecular flexibility index (Phi) is 7.48. The van der Waals surface area contributed by atoms with Crippen LogP contribution in [0, 0.1) is 6.92 Å². The average Bonchev–Trinajstić information content (AvgIpc) is 2.59. The zero-order valence-electron chi connectivity index (χ0n) is 15.4. The molecule has 0 spiro atoms. The molecule has 4 nitrogen and oxygen atoms in total. The molecule has 0 aliphatic rings. The highest BCUT2D eigenvalue weighted by atomic mass is 16.5. The molecule has 0 aliphatic heterocycles. The number of ether oxygens (including phenoxy) is 1. The number of aryl methyl sites for hydroxylation is 1. The predicted octanol–water partition coefficient (Wildman–Crippen LogP) is 3.53. The van der Waals surface area contributed by atoms with Crippen LogP contribution in [0.3, 0.4) is 0 Å². The van der Waals surface area contributed by atoms with Crippen molar-refractivity contribution in [2.75, 3.05) is 20.7 Å². The van der Waals surface area contributed by atoms with Crippen LogP contribution < -0.4 is 10.1 Å². The van der Waals surface area contributed by atoms with Crippen molar-refractivity contribution in [3.8, 4) is 5.75 Å². The number of nitrogens with one attached hydrogen (secondary N) is 1. The number of carbonyl (C=O) groups is 1. The smallest absolute Gasteiger partial charge is 0.220 e. The molecule has 0 radical (unpaired) electrons. The van der Waals surface area contributed by atoms with Crippen molar-refractivity contribution in [1.29, 1.82) is 0 Å². The van der Waals surface area contributed by atoms with Crippen molar-refractivity contribution in [2.45, 2.75) is 32.9 Å². The molecule has 1 amide bonds. The monoisotopic (exact) mass is 340 g/mol. The van der Waals surface area contributed by atoms with Gasteiger partial charge >= 0.3 is 0 Å². The second-order valence-electron chi connectivity index (χ2n) is 6.55. The number of nitrogens with zero attached hydrogens (tertiary/aromatic N) is 1. The summed E-state index contributed by atoms with van der Waals surface area (Å²) in [5.74, 6) is 0.950. The lowest BCUT2D eigenvalue weighted by molar-refractivity contribution is -0.121. The van der Waals surface area contributed by atoms with Crippen molar-refractivity contribution in [3.05, 3.63) is 65.2 Å².